The van der Waals surface area contributed by atoms with E-state index in [-0.39, 0.29) is 12.6 Å². The summed E-state index contributed by atoms with van der Waals surface area (Å²) in [4.78, 5) is 11.3. The molecule has 0 spiro atoms. The van der Waals surface area contributed by atoms with Gasteiger partial charge in [-0.1, -0.05) is 0 Å². The Bertz CT molecular complexity index is 943. The highest BCUT2D eigenvalue weighted by Crippen LogP contribution is 2.39. The third-order valence-electron chi connectivity index (χ3n) is 5.46. The number of nitrogens with zero attached hydrogens (tertiary/aromatic N) is 4. The maximum absolute atomic E-state index is 9.56. The first-order valence-electron chi connectivity index (χ1n) is 9.90. The molecule has 2 aliphatic rings. The molecule has 30 heavy (non-hydrogen) atoms. The largest absolute Gasteiger partial charge is 0.493 e. The van der Waals surface area contributed by atoms with Crippen molar-refractivity contribution in [2.75, 3.05) is 46.3 Å². The van der Waals surface area contributed by atoms with Crippen LogP contribution in [0.4, 0.5) is 5.82 Å². The lowest BCUT2D eigenvalue weighted by Gasteiger charge is -2.25. The Labute approximate surface area is 175 Å². The summed E-state index contributed by atoms with van der Waals surface area (Å²) in [5.41, 5.74) is 1.97. The van der Waals surface area contributed by atoms with Crippen molar-refractivity contribution < 1.29 is 19.3 Å². The quantitative estimate of drug-likeness (QED) is 0.718. The maximum atomic E-state index is 9.56. The van der Waals surface area contributed by atoms with Crippen LogP contribution in [0, 0.1) is 0 Å². The zero-order chi connectivity index (χ0) is 21.1. The van der Waals surface area contributed by atoms with E-state index in [1.165, 1.54) is 0 Å². The molecule has 1 saturated heterocycles. The van der Waals surface area contributed by atoms with Crippen LogP contribution >= 0.6 is 0 Å². The number of imidazole rings is 1. The normalized spacial score (nSPS) is 18.3. The third kappa shape index (κ3) is 3.80. The topological polar surface area (TPSA) is 93.4 Å². The fourth-order valence-electron chi connectivity index (χ4n) is 3.94. The van der Waals surface area contributed by atoms with Crippen LogP contribution in [0.2, 0.25) is 0 Å². The van der Waals surface area contributed by atoms with E-state index in [4.69, 9.17) is 14.2 Å². The summed E-state index contributed by atoms with van der Waals surface area (Å²) in [6, 6.07) is 3.92. The van der Waals surface area contributed by atoms with Crippen LogP contribution in [-0.4, -0.2) is 72.5 Å². The van der Waals surface area contributed by atoms with E-state index < -0.39 is 0 Å². The highest BCUT2D eigenvalue weighted by Gasteiger charge is 2.27. The molecule has 3 heterocycles. The van der Waals surface area contributed by atoms with Crippen LogP contribution in [0.25, 0.3) is 5.69 Å². The van der Waals surface area contributed by atoms with Crippen LogP contribution in [0.1, 0.15) is 12.8 Å². The van der Waals surface area contributed by atoms with E-state index in [1.54, 1.807) is 27.7 Å². The molecule has 0 saturated carbocycles. The van der Waals surface area contributed by atoms with E-state index >= 15 is 0 Å². The summed E-state index contributed by atoms with van der Waals surface area (Å²) in [5.74, 6) is 3.14. The number of aliphatic imine (C=N–C) groups is 1. The van der Waals surface area contributed by atoms with E-state index in [9.17, 15) is 5.11 Å². The van der Waals surface area contributed by atoms with Crippen molar-refractivity contribution in [2.45, 2.75) is 18.9 Å². The number of benzene rings is 1. The fraction of sp³-hybridized carbons (Fsp3) is 0.429. The Hall–Kier alpha value is -3.20. The standard InChI is InChI=1S/C21H27N5O4/c1-28-17-7-15(8-18(29-2)21(17)30-3)25-11-20(23-13-25)24-19-9-16(10-22-19)26-6-4-5-14(26)12-27/h7-9,11,13-14,27H,4-6,10,12H2,1-3H3,(H,22,24)/t14-/m0/s1. The zero-order valence-corrected chi connectivity index (χ0v) is 17.5. The van der Waals surface area contributed by atoms with Gasteiger partial charge < -0.3 is 34.1 Å². The molecule has 1 fully saturated rings. The Kier molecular flexibility index (Phi) is 5.80. The monoisotopic (exact) mass is 413 g/mol. The first-order valence-corrected chi connectivity index (χ1v) is 9.90. The lowest BCUT2D eigenvalue weighted by Crippen LogP contribution is -2.32. The summed E-state index contributed by atoms with van der Waals surface area (Å²) in [6.07, 6.45) is 7.75. The number of likely N-dealkylation sites (tertiary alicyclic amines) is 1. The van der Waals surface area contributed by atoms with E-state index in [0.717, 1.165) is 36.6 Å². The number of anilines is 1. The SMILES string of the molecule is COc1cc(-n2cnc(NC3=NCC(N4CCC[C@H]4CO)=C3)c2)cc(OC)c1OC. The fourth-order valence-corrected chi connectivity index (χ4v) is 3.94. The number of hydrogen-bond acceptors (Lipinski definition) is 8. The molecule has 0 bridgehead atoms. The zero-order valence-electron chi connectivity index (χ0n) is 17.5. The van der Waals surface area contributed by atoms with Crippen molar-refractivity contribution in [1.82, 2.24) is 14.5 Å². The van der Waals surface area contributed by atoms with Crippen molar-refractivity contribution in [3.63, 3.8) is 0 Å². The lowest BCUT2D eigenvalue weighted by molar-refractivity contribution is 0.186. The second-order valence-corrected chi connectivity index (χ2v) is 7.18. The number of ether oxygens (including phenoxy) is 3. The van der Waals surface area contributed by atoms with Crippen molar-refractivity contribution in [2.24, 2.45) is 4.99 Å². The van der Waals surface area contributed by atoms with E-state index in [0.29, 0.717) is 29.6 Å². The number of rotatable bonds is 7. The Morgan fingerprint density at radius 1 is 1.17 bits per heavy atom. The summed E-state index contributed by atoms with van der Waals surface area (Å²) in [6.45, 7) is 1.77. The van der Waals surface area contributed by atoms with Gasteiger partial charge in [0.05, 0.1) is 52.4 Å². The molecule has 0 amide bonds. The highest BCUT2D eigenvalue weighted by molar-refractivity contribution is 6.05. The van der Waals surface area contributed by atoms with Gasteiger partial charge in [-0.15, -0.1) is 0 Å². The molecule has 4 rings (SSSR count). The minimum atomic E-state index is 0.180. The number of aliphatic hydroxyl groups is 1. The van der Waals surface area contributed by atoms with Gasteiger partial charge in [0.1, 0.15) is 18.0 Å². The first-order chi connectivity index (χ1) is 14.7. The van der Waals surface area contributed by atoms with Gasteiger partial charge in [0, 0.05) is 30.5 Å². The second kappa shape index (κ2) is 8.66. The molecule has 0 unspecified atom stereocenters. The van der Waals surface area contributed by atoms with Crippen molar-refractivity contribution in [3.05, 3.63) is 36.4 Å². The van der Waals surface area contributed by atoms with Gasteiger partial charge in [-0.3, -0.25) is 4.99 Å². The maximum Gasteiger partial charge on any atom is 0.203 e. The van der Waals surface area contributed by atoms with Gasteiger partial charge in [0.25, 0.3) is 0 Å². The molecule has 2 aliphatic heterocycles. The predicted octanol–water partition coefficient (Wildman–Crippen LogP) is 2.06. The molecule has 2 N–H and O–H groups in total. The number of methoxy groups -OCH3 is 3. The number of amidine groups is 1. The number of aliphatic hydroxyl groups excluding tert-OH is 1. The molecule has 1 atom stereocenters. The molecule has 0 radical (unpaired) electrons. The minimum Gasteiger partial charge on any atom is -0.493 e. The van der Waals surface area contributed by atoms with E-state index in [1.807, 2.05) is 29.0 Å². The Morgan fingerprint density at radius 3 is 2.60 bits per heavy atom. The van der Waals surface area contributed by atoms with E-state index in [2.05, 4.69) is 20.2 Å². The van der Waals surface area contributed by atoms with Gasteiger partial charge >= 0.3 is 0 Å². The summed E-state index contributed by atoms with van der Waals surface area (Å²) in [5, 5.41) is 12.8. The molecule has 160 valence electrons. The Morgan fingerprint density at radius 2 is 1.93 bits per heavy atom. The van der Waals surface area contributed by atoms with Crippen LogP contribution in [0.15, 0.2) is 41.4 Å². The molecular weight excluding hydrogens is 386 g/mol. The first kappa shape index (κ1) is 20.1. The third-order valence-corrected chi connectivity index (χ3v) is 5.46. The van der Waals surface area contributed by atoms with Crippen molar-refractivity contribution in [3.8, 4) is 22.9 Å². The van der Waals surface area contributed by atoms with Crippen LogP contribution in [0.5, 0.6) is 17.2 Å². The molecular formula is C21H27N5O4. The molecule has 2 aromatic rings. The summed E-state index contributed by atoms with van der Waals surface area (Å²) >= 11 is 0. The molecule has 0 aliphatic carbocycles. The second-order valence-electron chi connectivity index (χ2n) is 7.18. The van der Waals surface area contributed by atoms with Crippen LogP contribution in [-0.2, 0) is 0 Å². The molecule has 9 nitrogen and oxygen atoms in total. The average molecular weight is 413 g/mol. The van der Waals surface area contributed by atoms with Gasteiger partial charge in [0.2, 0.25) is 5.75 Å². The van der Waals surface area contributed by atoms with Gasteiger partial charge in [-0.05, 0) is 12.8 Å². The smallest absolute Gasteiger partial charge is 0.203 e. The average Bonchev–Trinajstić information content (AvgIpc) is 3.53. The Balaban J connectivity index is 1.50. The molecule has 1 aromatic carbocycles. The predicted molar refractivity (Wildman–Crippen MR) is 114 cm³/mol. The number of hydrogen-bond donors (Lipinski definition) is 2. The minimum absolute atomic E-state index is 0.180. The van der Waals surface area contributed by atoms with Gasteiger partial charge in [-0.2, -0.15) is 0 Å². The highest BCUT2D eigenvalue weighted by atomic mass is 16.5. The van der Waals surface area contributed by atoms with Crippen LogP contribution < -0.4 is 19.5 Å². The van der Waals surface area contributed by atoms with Crippen molar-refractivity contribution >= 4 is 11.7 Å². The van der Waals surface area contributed by atoms with Crippen molar-refractivity contribution in [1.29, 1.82) is 0 Å². The van der Waals surface area contributed by atoms with Crippen LogP contribution in [0.3, 0.4) is 0 Å². The summed E-state index contributed by atoms with van der Waals surface area (Å²) < 4.78 is 18.1. The van der Waals surface area contributed by atoms with Gasteiger partial charge in [-0.25, -0.2) is 4.98 Å². The summed E-state index contributed by atoms with van der Waals surface area (Å²) in [7, 11) is 4.76. The molecule has 1 aromatic heterocycles. The number of nitrogens with one attached hydrogen (secondary N) is 1. The lowest BCUT2D eigenvalue weighted by atomic mass is 10.2. The molecule has 9 heteroatoms. The van der Waals surface area contributed by atoms with Gasteiger partial charge in [0.15, 0.2) is 11.5 Å². The number of aromatic nitrogens is 2.